The molecule has 6 heteroatoms. The second-order valence-corrected chi connectivity index (χ2v) is 3.44. The molecule has 2 unspecified atom stereocenters. The molecule has 0 aromatic rings. The summed E-state index contributed by atoms with van der Waals surface area (Å²) in [5.41, 5.74) is 15.2. The van der Waals surface area contributed by atoms with E-state index in [1.54, 1.807) is 0 Å². The number of aliphatic carboxylic acids is 1. The van der Waals surface area contributed by atoms with E-state index in [4.69, 9.17) is 27.0 Å². The van der Waals surface area contributed by atoms with E-state index in [2.05, 4.69) is 0 Å². The van der Waals surface area contributed by atoms with Crippen molar-refractivity contribution < 1.29 is 14.6 Å². The van der Waals surface area contributed by atoms with Gasteiger partial charge in [0, 0.05) is 13.2 Å². The first-order chi connectivity index (χ1) is 6.46. The van der Waals surface area contributed by atoms with Gasteiger partial charge in [-0.25, -0.2) is 0 Å². The first kappa shape index (κ1) is 13.3. The number of hydrogen-bond donors (Lipinski definition) is 4. The molecule has 0 aromatic heterocycles. The highest BCUT2D eigenvalue weighted by molar-refractivity contribution is 5.78. The van der Waals surface area contributed by atoms with Gasteiger partial charge in [0.25, 0.3) is 0 Å². The highest BCUT2D eigenvalue weighted by Crippen LogP contribution is 2.11. The number of carboxylic acid groups (broad SMARTS) is 1. The molecule has 0 aliphatic carbocycles. The maximum Gasteiger partial charge on any atom is 0.326 e. The minimum Gasteiger partial charge on any atom is -0.480 e. The van der Waals surface area contributed by atoms with Crippen molar-refractivity contribution in [2.45, 2.75) is 24.4 Å². The van der Waals surface area contributed by atoms with E-state index in [1.165, 1.54) is 7.11 Å². The minimum absolute atomic E-state index is 0.0550. The molecule has 0 aliphatic heterocycles. The molecule has 0 aromatic carbocycles. The summed E-state index contributed by atoms with van der Waals surface area (Å²) >= 11 is 0. The highest BCUT2D eigenvalue weighted by Gasteiger charge is 2.35. The van der Waals surface area contributed by atoms with Crippen LogP contribution in [0.4, 0.5) is 0 Å². The van der Waals surface area contributed by atoms with E-state index >= 15 is 0 Å². The van der Waals surface area contributed by atoms with Crippen LogP contribution < -0.4 is 17.2 Å². The van der Waals surface area contributed by atoms with Crippen molar-refractivity contribution >= 4 is 5.97 Å². The molecular formula is C8H19N3O3. The van der Waals surface area contributed by atoms with Gasteiger partial charge in [0.05, 0.1) is 6.61 Å². The van der Waals surface area contributed by atoms with Gasteiger partial charge >= 0.3 is 5.97 Å². The van der Waals surface area contributed by atoms with E-state index in [9.17, 15) is 4.79 Å². The minimum atomic E-state index is -1.41. The van der Waals surface area contributed by atoms with Crippen LogP contribution >= 0.6 is 0 Å². The van der Waals surface area contributed by atoms with Crippen LogP contribution in [0, 0.1) is 0 Å². The average Bonchev–Trinajstić information content (AvgIpc) is 2.04. The van der Waals surface area contributed by atoms with Gasteiger partial charge in [0.15, 0.2) is 0 Å². The zero-order valence-electron chi connectivity index (χ0n) is 8.40. The van der Waals surface area contributed by atoms with Crippen LogP contribution in [0.15, 0.2) is 0 Å². The Bertz CT molecular complexity index is 189. The molecule has 0 saturated carbocycles. The van der Waals surface area contributed by atoms with Crippen LogP contribution in [0.1, 0.15) is 12.8 Å². The third-order valence-corrected chi connectivity index (χ3v) is 1.99. The fourth-order valence-corrected chi connectivity index (χ4v) is 1.25. The molecule has 6 nitrogen and oxygen atoms in total. The fourth-order valence-electron chi connectivity index (χ4n) is 1.25. The Labute approximate surface area is 83.4 Å². The number of ether oxygens (including phenoxy) is 1. The second-order valence-electron chi connectivity index (χ2n) is 3.44. The Morgan fingerprint density at radius 2 is 2.21 bits per heavy atom. The van der Waals surface area contributed by atoms with Crippen molar-refractivity contribution in [3.63, 3.8) is 0 Å². The number of hydrogen-bond acceptors (Lipinski definition) is 5. The third kappa shape index (κ3) is 4.01. The van der Waals surface area contributed by atoms with E-state index in [0.29, 0.717) is 13.0 Å². The first-order valence-corrected chi connectivity index (χ1v) is 4.43. The van der Waals surface area contributed by atoms with Gasteiger partial charge < -0.3 is 27.0 Å². The fraction of sp³-hybridized carbons (Fsp3) is 0.875. The van der Waals surface area contributed by atoms with E-state index in [-0.39, 0.29) is 19.1 Å². The van der Waals surface area contributed by atoms with Gasteiger partial charge in [-0.15, -0.1) is 0 Å². The van der Waals surface area contributed by atoms with Crippen LogP contribution in [0.25, 0.3) is 0 Å². The Kier molecular flexibility index (Phi) is 5.63. The zero-order valence-corrected chi connectivity index (χ0v) is 8.40. The van der Waals surface area contributed by atoms with E-state index < -0.39 is 11.5 Å². The molecule has 84 valence electrons. The van der Waals surface area contributed by atoms with Gasteiger partial charge in [-0.2, -0.15) is 0 Å². The molecule has 0 bridgehead atoms. The lowest BCUT2D eigenvalue weighted by molar-refractivity contribution is -0.146. The molecule has 0 amide bonds. The predicted molar refractivity (Wildman–Crippen MR) is 52.7 cm³/mol. The van der Waals surface area contributed by atoms with Crippen molar-refractivity contribution in [1.29, 1.82) is 0 Å². The normalized spacial score (nSPS) is 17.4. The monoisotopic (exact) mass is 205 g/mol. The summed E-state index contributed by atoms with van der Waals surface area (Å²) in [7, 11) is 1.40. The molecule has 0 saturated heterocycles. The molecular weight excluding hydrogens is 186 g/mol. The lowest BCUT2D eigenvalue weighted by Gasteiger charge is -2.26. The summed E-state index contributed by atoms with van der Waals surface area (Å²) in [6.07, 6.45) is 0.712. The van der Waals surface area contributed by atoms with E-state index in [0.717, 1.165) is 0 Å². The van der Waals surface area contributed by atoms with E-state index in [1.807, 2.05) is 0 Å². The summed E-state index contributed by atoms with van der Waals surface area (Å²) in [4.78, 5) is 10.9. The van der Waals surface area contributed by atoms with Crippen molar-refractivity contribution in [3.8, 4) is 0 Å². The topological polar surface area (TPSA) is 125 Å². The van der Waals surface area contributed by atoms with Crippen molar-refractivity contribution in [2.75, 3.05) is 20.3 Å². The molecule has 2 atom stereocenters. The summed E-state index contributed by atoms with van der Waals surface area (Å²) < 4.78 is 4.75. The van der Waals surface area contributed by atoms with Crippen molar-refractivity contribution in [3.05, 3.63) is 0 Å². The highest BCUT2D eigenvalue weighted by atomic mass is 16.5. The summed E-state index contributed by atoms with van der Waals surface area (Å²) in [5, 5.41) is 8.89. The van der Waals surface area contributed by atoms with Crippen LogP contribution in [0.2, 0.25) is 0 Å². The van der Waals surface area contributed by atoms with Crippen molar-refractivity contribution in [2.24, 2.45) is 17.2 Å². The number of methoxy groups -OCH3 is 1. The van der Waals surface area contributed by atoms with Crippen LogP contribution in [0.3, 0.4) is 0 Å². The molecule has 7 N–H and O–H groups in total. The number of rotatable bonds is 7. The Morgan fingerprint density at radius 3 is 2.57 bits per heavy atom. The van der Waals surface area contributed by atoms with Crippen LogP contribution in [-0.4, -0.2) is 42.9 Å². The third-order valence-electron chi connectivity index (χ3n) is 1.99. The summed E-state index contributed by atoms with van der Waals surface area (Å²) in [5.74, 6) is -1.10. The van der Waals surface area contributed by atoms with Gasteiger partial charge in [-0.3, -0.25) is 4.79 Å². The lowest BCUT2D eigenvalue weighted by atomic mass is 9.92. The predicted octanol–water partition coefficient (Wildman–Crippen LogP) is -1.52. The quantitative estimate of drug-likeness (QED) is 0.400. The SMILES string of the molecule is COCC(N)(CC(N)CCN)C(=O)O. The largest absolute Gasteiger partial charge is 0.480 e. The number of carbonyl (C=O) groups is 1. The molecule has 0 aliphatic rings. The maximum atomic E-state index is 10.9. The Morgan fingerprint density at radius 1 is 1.64 bits per heavy atom. The summed E-state index contributed by atoms with van der Waals surface area (Å²) in [6.45, 7) is 0.366. The maximum absolute atomic E-state index is 10.9. The van der Waals surface area contributed by atoms with Crippen molar-refractivity contribution in [1.82, 2.24) is 0 Å². The van der Waals surface area contributed by atoms with Gasteiger partial charge in [0.2, 0.25) is 0 Å². The standard InChI is InChI=1S/C8H19N3O3/c1-14-5-8(11,7(12)13)4-6(10)2-3-9/h6H,2-5,9-11H2,1H3,(H,12,13). The Balaban J connectivity index is 4.28. The molecule has 0 rings (SSSR count). The second kappa shape index (κ2) is 5.92. The van der Waals surface area contributed by atoms with Gasteiger partial charge in [-0.1, -0.05) is 0 Å². The average molecular weight is 205 g/mol. The number of nitrogens with two attached hydrogens (primary N) is 3. The Hall–Kier alpha value is -0.690. The van der Waals surface area contributed by atoms with Crippen LogP contribution in [0.5, 0.6) is 0 Å². The van der Waals surface area contributed by atoms with Gasteiger partial charge in [0.1, 0.15) is 5.54 Å². The molecule has 0 spiro atoms. The van der Waals surface area contributed by atoms with Gasteiger partial charge in [-0.05, 0) is 19.4 Å². The zero-order chi connectivity index (χ0) is 11.2. The molecule has 0 heterocycles. The molecule has 14 heavy (non-hydrogen) atoms. The first-order valence-electron chi connectivity index (χ1n) is 4.43. The number of carboxylic acids is 1. The smallest absolute Gasteiger partial charge is 0.326 e. The lowest BCUT2D eigenvalue weighted by Crippen LogP contribution is -2.55. The molecule has 0 radical (unpaired) electrons. The van der Waals surface area contributed by atoms with Crippen LogP contribution in [-0.2, 0) is 9.53 Å². The summed E-state index contributed by atoms with van der Waals surface area (Å²) in [6, 6.07) is -0.309. The molecule has 0 fully saturated rings.